The summed E-state index contributed by atoms with van der Waals surface area (Å²) in [4.78, 5) is 20.2. The average Bonchev–Trinajstić information content (AvgIpc) is 3.11. The molecule has 0 bridgehead atoms. The van der Waals surface area contributed by atoms with Gasteiger partial charge >= 0.3 is 0 Å². The first-order valence-corrected chi connectivity index (χ1v) is 9.83. The monoisotopic (exact) mass is 380 g/mol. The highest BCUT2D eigenvalue weighted by Gasteiger charge is 2.25. The molecule has 1 amide bonds. The van der Waals surface area contributed by atoms with E-state index in [0.717, 1.165) is 38.9 Å². The van der Waals surface area contributed by atoms with Crippen molar-refractivity contribution >= 4 is 17.5 Å². The van der Waals surface area contributed by atoms with Gasteiger partial charge in [-0.25, -0.2) is 5.06 Å². The van der Waals surface area contributed by atoms with E-state index in [0.29, 0.717) is 34.9 Å². The fraction of sp³-hybridized carbons (Fsp3) is 0.650. The highest BCUT2D eigenvalue weighted by molar-refractivity contribution is 6.32. The molecule has 0 radical (unpaired) electrons. The van der Waals surface area contributed by atoms with E-state index >= 15 is 0 Å². The predicted octanol–water partition coefficient (Wildman–Crippen LogP) is 4.01. The maximum Gasteiger partial charge on any atom is 0.277 e. The van der Waals surface area contributed by atoms with E-state index in [2.05, 4.69) is 25.7 Å². The SMILES string of the molecule is CC(C)(C)CN1CCC(Oc2ccc(C(=O)N3CCCO3)cc2Cl)CC1. The molecule has 6 heteroatoms. The van der Waals surface area contributed by atoms with Gasteiger partial charge in [0.2, 0.25) is 0 Å². The Kier molecular flexibility index (Phi) is 6.10. The molecular weight excluding hydrogens is 352 g/mol. The van der Waals surface area contributed by atoms with Crippen LogP contribution in [0.4, 0.5) is 0 Å². The van der Waals surface area contributed by atoms with Crippen LogP contribution in [0.3, 0.4) is 0 Å². The lowest BCUT2D eigenvalue weighted by atomic mass is 9.94. The first-order chi connectivity index (χ1) is 12.3. The molecule has 5 nitrogen and oxygen atoms in total. The van der Waals surface area contributed by atoms with Crippen LogP contribution in [0, 0.1) is 5.41 Å². The second kappa shape index (κ2) is 8.15. The summed E-state index contributed by atoms with van der Waals surface area (Å²) in [7, 11) is 0. The number of ether oxygens (including phenoxy) is 1. The van der Waals surface area contributed by atoms with E-state index in [4.69, 9.17) is 21.2 Å². The lowest BCUT2D eigenvalue weighted by Gasteiger charge is -2.36. The number of rotatable bonds is 4. The van der Waals surface area contributed by atoms with E-state index in [9.17, 15) is 4.79 Å². The van der Waals surface area contributed by atoms with Crippen LogP contribution in [-0.4, -0.2) is 54.8 Å². The topological polar surface area (TPSA) is 42.0 Å². The maximum absolute atomic E-state index is 12.3. The second-order valence-electron chi connectivity index (χ2n) is 8.39. The molecule has 0 atom stereocenters. The number of hydrogen-bond donors (Lipinski definition) is 0. The molecule has 2 fully saturated rings. The van der Waals surface area contributed by atoms with Gasteiger partial charge in [0.15, 0.2) is 0 Å². The summed E-state index contributed by atoms with van der Waals surface area (Å²) in [6.45, 7) is 11.2. The van der Waals surface area contributed by atoms with Gasteiger partial charge in [-0.15, -0.1) is 0 Å². The normalized spacial score (nSPS) is 19.8. The standard InChI is InChI=1S/C20H29ClN2O3/c1-20(2,3)14-22-10-7-16(8-11-22)26-18-6-5-15(13-17(18)21)19(24)23-9-4-12-25-23/h5-6,13,16H,4,7-12,14H2,1-3H3. The van der Waals surface area contributed by atoms with Crippen molar-refractivity contribution in [2.75, 3.05) is 32.8 Å². The van der Waals surface area contributed by atoms with Gasteiger partial charge in [-0.3, -0.25) is 9.63 Å². The smallest absolute Gasteiger partial charge is 0.277 e. The molecule has 0 saturated carbocycles. The minimum absolute atomic E-state index is 0.147. The zero-order valence-corrected chi connectivity index (χ0v) is 16.7. The number of hydroxylamine groups is 2. The summed E-state index contributed by atoms with van der Waals surface area (Å²) in [5, 5.41) is 1.88. The van der Waals surface area contributed by atoms with Crippen LogP contribution < -0.4 is 4.74 Å². The lowest BCUT2D eigenvalue weighted by Crippen LogP contribution is -2.42. The van der Waals surface area contributed by atoms with Crippen LogP contribution in [0.5, 0.6) is 5.75 Å². The molecule has 1 aromatic carbocycles. The Labute approximate surface area is 161 Å². The minimum atomic E-state index is -0.147. The molecule has 26 heavy (non-hydrogen) atoms. The van der Waals surface area contributed by atoms with E-state index in [-0.39, 0.29) is 12.0 Å². The molecule has 144 valence electrons. The Morgan fingerprint density at radius 3 is 2.58 bits per heavy atom. The predicted molar refractivity (Wildman–Crippen MR) is 103 cm³/mol. The number of carbonyl (C=O) groups is 1. The lowest BCUT2D eigenvalue weighted by molar-refractivity contribution is -0.0768. The third-order valence-electron chi connectivity index (χ3n) is 4.68. The molecule has 0 unspecified atom stereocenters. The molecule has 2 heterocycles. The number of amides is 1. The summed E-state index contributed by atoms with van der Waals surface area (Å²) < 4.78 is 6.11. The zero-order valence-electron chi connectivity index (χ0n) is 16.0. The zero-order chi connectivity index (χ0) is 18.7. The van der Waals surface area contributed by atoms with Crippen molar-refractivity contribution in [3.63, 3.8) is 0 Å². The molecule has 0 aliphatic carbocycles. The second-order valence-corrected chi connectivity index (χ2v) is 8.80. The summed E-state index contributed by atoms with van der Waals surface area (Å²) in [5.41, 5.74) is 0.850. The Morgan fingerprint density at radius 1 is 1.27 bits per heavy atom. The number of likely N-dealkylation sites (tertiary alicyclic amines) is 1. The fourth-order valence-corrected chi connectivity index (χ4v) is 3.74. The largest absolute Gasteiger partial charge is 0.489 e. The van der Waals surface area contributed by atoms with E-state index in [1.807, 2.05) is 0 Å². The Morgan fingerprint density at radius 2 is 2.00 bits per heavy atom. The number of halogens is 1. The van der Waals surface area contributed by atoms with Crippen molar-refractivity contribution < 1.29 is 14.4 Å². The number of carbonyl (C=O) groups excluding carboxylic acids is 1. The molecule has 2 aliphatic heterocycles. The molecule has 1 aromatic rings. The van der Waals surface area contributed by atoms with Gasteiger partial charge in [0.05, 0.1) is 18.2 Å². The van der Waals surface area contributed by atoms with Crippen molar-refractivity contribution in [3.8, 4) is 5.75 Å². The highest BCUT2D eigenvalue weighted by atomic mass is 35.5. The third kappa shape index (κ3) is 5.12. The number of nitrogens with zero attached hydrogens (tertiary/aromatic N) is 2. The van der Waals surface area contributed by atoms with Crippen LogP contribution in [0.2, 0.25) is 5.02 Å². The van der Waals surface area contributed by atoms with Crippen molar-refractivity contribution in [3.05, 3.63) is 28.8 Å². The number of hydrogen-bond acceptors (Lipinski definition) is 4. The van der Waals surface area contributed by atoms with Crippen LogP contribution in [0.25, 0.3) is 0 Å². The minimum Gasteiger partial charge on any atom is -0.489 e. The van der Waals surface area contributed by atoms with E-state index < -0.39 is 0 Å². The van der Waals surface area contributed by atoms with Gasteiger partial charge in [0.25, 0.3) is 5.91 Å². The van der Waals surface area contributed by atoms with Crippen molar-refractivity contribution in [1.82, 2.24) is 9.96 Å². The number of benzene rings is 1. The molecule has 0 N–H and O–H groups in total. The number of piperidine rings is 1. The van der Waals surface area contributed by atoms with Gasteiger partial charge in [-0.05, 0) is 42.9 Å². The van der Waals surface area contributed by atoms with Crippen molar-refractivity contribution in [1.29, 1.82) is 0 Å². The third-order valence-corrected chi connectivity index (χ3v) is 4.98. The van der Waals surface area contributed by atoms with Gasteiger partial charge in [0, 0.05) is 25.2 Å². The fourth-order valence-electron chi connectivity index (χ4n) is 3.52. The summed E-state index contributed by atoms with van der Waals surface area (Å²) in [6, 6.07) is 5.24. The van der Waals surface area contributed by atoms with E-state index in [1.54, 1.807) is 18.2 Å². The summed E-state index contributed by atoms with van der Waals surface area (Å²) >= 11 is 6.37. The maximum atomic E-state index is 12.3. The van der Waals surface area contributed by atoms with Crippen molar-refractivity contribution in [2.45, 2.75) is 46.1 Å². The van der Waals surface area contributed by atoms with Crippen LogP contribution in [0.1, 0.15) is 50.4 Å². The molecule has 2 saturated heterocycles. The first kappa shape index (κ1) is 19.5. The molecular formula is C20H29ClN2O3. The van der Waals surface area contributed by atoms with Crippen molar-refractivity contribution in [2.24, 2.45) is 5.41 Å². The Hall–Kier alpha value is -1.30. The van der Waals surface area contributed by atoms with Crippen LogP contribution >= 0.6 is 11.6 Å². The van der Waals surface area contributed by atoms with Crippen LogP contribution in [0.15, 0.2) is 18.2 Å². The highest BCUT2D eigenvalue weighted by Crippen LogP contribution is 2.29. The van der Waals surface area contributed by atoms with Gasteiger partial charge in [-0.1, -0.05) is 32.4 Å². The molecule has 0 aromatic heterocycles. The van der Waals surface area contributed by atoms with Gasteiger partial charge < -0.3 is 9.64 Å². The van der Waals surface area contributed by atoms with E-state index in [1.165, 1.54) is 5.06 Å². The summed E-state index contributed by atoms with van der Waals surface area (Å²) in [6.07, 6.45) is 3.03. The molecule has 2 aliphatic rings. The summed E-state index contributed by atoms with van der Waals surface area (Å²) in [5.74, 6) is 0.506. The quantitative estimate of drug-likeness (QED) is 0.791. The van der Waals surface area contributed by atoms with Gasteiger partial charge in [-0.2, -0.15) is 0 Å². The molecule has 0 spiro atoms. The molecule has 3 rings (SSSR count). The average molecular weight is 381 g/mol. The Balaban J connectivity index is 1.55. The Bertz CT molecular complexity index is 630. The van der Waals surface area contributed by atoms with Crippen LogP contribution in [-0.2, 0) is 4.84 Å². The first-order valence-electron chi connectivity index (χ1n) is 9.45. The van der Waals surface area contributed by atoms with Gasteiger partial charge in [0.1, 0.15) is 11.9 Å².